The van der Waals surface area contributed by atoms with Crippen LogP contribution in [0, 0.1) is 0 Å². The van der Waals surface area contributed by atoms with Crippen molar-refractivity contribution in [3.8, 4) is 0 Å². The van der Waals surface area contributed by atoms with E-state index in [0.717, 1.165) is 43.6 Å². The van der Waals surface area contributed by atoms with Crippen LogP contribution in [-0.4, -0.2) is 51.0 Å². The molecule has 27 heavy (non-hydrogen) atoms. The molecule has 1 amide bonds. The average Bonchev–Trinajstić information content (AvgIpc) is 3.22. The van der Waals surface area contributed by atoms with Gasteiger partial charge in [0.15, 0.2) is 5.16 Å². The van der Waals surface area contributed by atoms with E-state index in [9.17, 15) is 4.79 Å². The topological polar surface area (TPSA) is 54.3 Å². The summed E-state index contributed by atoms with van der Waals surface area (Å²) in [7, 11) is 0. The van der Waals surface area contributed by atoms with Crippen molar-refractivity contribution in [2.24, 2.45) is 0 Å². The molecule has 2 aliphatic heterocycles. The number of carbonyl (C=O) groups excluding carboxylic acids is 1. The van der Waals surface area contributed by atoms with Crippen LogP contribution in [0.25, 0.3) is 0 Å². The van der Waals surface area contributed by atoms with E-state index in [1.807, 2.05) is 0 Å². The van der Waals surface area contributed by atoms with Crippen molar-refractivity contribution in [3.63, 3.8) is 0 Å². The van der Waals surface area contributed by atoms with Crippen molar-refractivity contribution >= 4 is 35.0 Å². The molecular weight excluding hydrogens is 378 g/mol. The number of thiophene rings is 1. The Balaban J connectivity index is 1.28. The van der Waals surface area contributed by atoms with E-state index in [4.69, 9.17) is 0 Å². The molecule has 0 N–H and O–H groups in total. The Morgan fingerprint density at radius 1 is 1.15 bits per heavy atom. The maximum Gasteiger partial charge on any atom is 0.233 e. The quantitative estimate of drug-likeness (QED) is 0.688. The monoisotopic (exact) mass is 403 g/mol. The Morgan fingerprint density at radius 3 is 2.74 bits per heavy atom. The normalized spacial score (nSPS) is 22.7. The summed E-state index contributed by atoms with van der Waals surface area (Å²) in [6, 6.07) is 5.02. The van der Waals surface area contributed by atoms with E-state index in [-0.39, 0.29) is 11.9 Å². The minimum Gasteiger partial charge on any atom is -0.341 e. The highest BCUT2D eigenvalue weighted by molar-refractivity contribution is 7.99. The molecule has 4 heterocycles. The minimum atomic E-state index is 0.226. The molecule has 3 aliphatic rings. The van der Waals surface area contributed by atoms with Gasteiger partial charge >= 0.3 is 0 Å². The van der Waals surface area contributed by atoms with Crippen molar-refractivity contribution < 1.29 is 4.79 Å². The second kappa shape index (κ2) is 7.47. The van der Waals surface area contributed by atoms with Gasteiger partial charge in [-0.2, -0.15) is 0 Å². The molecule has 1 aliphatic carbocycles. The lowest BCUT2D eigenvalue weighted by Crippen LogP contribution is -2.31. The minimum absolute atomic E-state index is 0.226. The number of anilines is 1. The highest BCUT2D eigenvalue weighted by Gasteiger charge is 2.34. The molecule has 0 spiro atoms. The van der Waals surface area contributed by atoms with E-state index >= 15 is 0 Å². The third-order valence-electron chi connectivity index (χ3n) is 5.72. The Bertz CT molecular complexity index is 795. The molecule has 0 bridgehead atoms. The van der Waals surface area contributed by atoms with Crippen LogP contribution in [0.15, 0.2) is 22.7 Å². The summed E-state index contributed by atoms with van der Waals surface area (Å²) in [5.41, 5.74) is 0. The Hall–Kier alpha value is -1.54. The number of nitrogens with zero attached hydrogens (tertiary/aromatic N) is 5. The van der Waals surface area contributed by atoms with Crippen LogP contribution in [0.2, 0.25) is 0 Å². The molecule has 0 aromatic carbocycles. The third-order valence-corrected chi connectivity index (χ3v) is 7.62. The number of carbonyl (C=O) groups is 1. The molecule has 1 atom stereocenters. The maximum atomic E-state index is 12.9. The third kappa shape index (κ3) is 3.49. The summed E-state index contributed by atoms with van der Waals surface area (Å²) >= 11 is 3.32. The lowest BCUT2D eigenvalue weighted by Gasteiger charge is -2.24. The van der Waals surface area contributed by atoms with Gasteiger partial charge in [-0.3, -0.25) is 9.36 Å². The van der Waals surface area contributed by atoms with Gasteiger partial charge in [-0.05, 0) is 50.0 Å². The SMILES string of the molecule is O=C(CSc1nnc(N2CCCC2)n1C1CC1)N1CCCC1c1cccs1. The molecule has 6 nitrogen and oxygen atoms in total. The van der Waals surface area contributed by atoms with Crippen molar-refractivity contribution in [3.05, 3.63) is 22.4 Å². The predicted octanol–water partition coefficient (Wildman–Crippen LogP) is 3.73. The molecule has 1 unspecified atom stereocenters. The molecule has 8 heteroatoms. The standard InChI is InChI=1S/C19H25N5OS2/c25-17(23-11-3-5-15(23)16-6-4-12-26-16)13-27-19-21-20-18(22-9-1-2-10-22)24(19)14-7-8-14/h4,6,12,14-15H,1-3,5,7-11,13H2. The summed E-state index contributed by atoms with van der Waals surface area (Å²) in [4.78, 5) is 18.7. The second-order valence-corrected chi connectivity index (χ2v) is 9.55. The van der Waals surface area contributed by atoms with Crippen LogP contribution in [0.5, 0.6) is 0 Å². The highest BCUT2D eigenvalue weighted by Crippen LogP contribution is 2.42. The van der Waals surface area contributed by atoms with E-state index < -0.39 is 0 Å². The zero-order chi connectivity index (χ0) is 18.2. The van der Waals surface area contributed by atoms with Crippen LogP contribution in [-0.2, 0) is 4.79 Å². The van der Waals surface area contributed by atoms with Crippen molar-refractivity contribution in [2.75, 3.05) is 30.3 Å². The number of aromatic nitrogens is 3. The van der Waals surface area contributed by atoms with Crippen molar-refractivity contribution in [1.82, 2.24) is 19.7 Å². The summed E-state index contributed by atoms with van der Waals surface area (Å²) < 4.78 is 2.30. The summed E-state index contributed by atoms with van der Waals surface area (Å²) in [5, 5.41) is 12.0. The number of hydrogen-bond donors (Lipinski definition) is 0. The number of likely N-dealkylation sites (tertiary alicyclic amines) is 1. The second-order valence-electron chi connectivity index (χ2n) is 7.63. The molecule has 2 saturated heterocycles. The van der Waals surface area contributed by atoms with Crippen LogP contribution in [0.1, 0.15) is 55.5 Å². The Kier molecular flexibility index (Phi) is 4.85. The lowest BCUT2D eigenvalue weighted by atomic mass is 10.2. The average molecular weight is 404 g/mol. The lowest BCUT2D eigenvalue weighted by molar-refractivity contribution is -0.129. The summed E-state index contributed by atoms with van der Waals surface area (Å²) in [5.74, 6) is 1.69. The smallest absolute Gasteiger partial charge is 0.233 e. The van der Waals surface area contributed by atoms with E-state index in [0.29, 0.717) is 11.8 Å². The molecule has 2 aromatic heterocycles. The van der Waals surface area contributed by atoms with Crippen LogP contribution in [0.3, 0.4) is 0 Å². The molecule has 5 rings (SSSR count). The largest absolute Gasteiger partial charge is 0.341 e. The first-order valence-electron chi connectivity index (χ1n) is 9.97. The van der Waals surface area contributed by atoms with Crippen LogP contribution in [0.4, 0.5) is 5.95 Å². The molecular formula is C19H25N5OS2. The summed E-state index contributed by atoms with van der Waals surface area (Å²) in [6.07, 6.45) is 7.04. The fourth-order valence-electron chi connectivity index (χ4n) is 4.20. The van der Waals surface area contributed by atoms with Crippen LogP contribution >= 0.6 is 23.1 Å². The first kappa shape index (κ1) is 17.6. The fourth-order valence-corrected chi connectivity index (χ4v) is 5.96. The van der Waals surface area contributed by atoms with Gasteiger partial charge in [-0.25, -0.2) is 0 Å². The number of amides is 1. The molecule has 3 fully saturated rings. The first-order chi connectivity index (χ1) is 13.3. The Morgan fingerprint density at radius 2 is 2.00 bits per heavy atom. The summed E-state index contributed by atoms with van der Waals surface area (Å²) in [6.45, 7) is 3.02. The van der Waals surface area contributed by atoms with Crippen LogP contribution < -0.4 is 4.90 Å². The van der Waals surface area contributed by atoms with Crippen molar-refractivity contribution in [2.45, 2.75) is 55.8 Å². The molecule has 144 valence electrons. The predicted molar refractivity (Wildman–Crippen MR) is 108 cm³/mol. The van der Waals surface area contributed by atoms with Gasteiger partial charge in [0.2, 0.25) is 11.9 Å². The number of hydrogen-bond acceptors (Lipinski definition) is 6. The highest BCUT2D eigenvalue weighted by atomic mass is 32.2. The van der Waals surface area contributed by atoms with Gasteiger partial charge in [0, 0.05) is 30.6 Å². The van der Waals surface area contributed by atoms with Gasteiger partial charge in [0.1, 0.15) is 0 Å². The molecule has 0 radical (unpaired) electrons. The van der Waals surface area contributed by atoms with E-state index in [2.05, 4.69) is 42.1 Å². The molecule has 1 saturated carbocycles. The zero-order valence-electron chi connectivity index (χ0n) is 15.4. The number of thioether (sulfide) groups is 1. The van der Waals surface area contributed by atoms with Gasteiger partial charge in [-0.15, -0.1) is 21.5 Å². The van der Waals surface area contributed by atoms with Gasteiger partial charge in [-0.1, -0.05) is 17.8 Å². The van der Waals surface area contributed by atoms with Gasteiger partial charge in [0.25, 0.3) is 0 Å². The first-order valence-corrected chi connectivity index (χ1v) is 11.8. The van der Waals surface area contributed by atoms with E-state index in [1.54, 1.807) is 23.1 Å². The zero-order valence-corrected chi connectivity index (χ0v) is 17.1. The van der Waals surface area contributed by atoms with Gasteiger partial charge in [0.05, 0.1) is 11.8 Å². The van der Waals surface area contributed by atoms with Crippen molar-refractivity contribution in [1.29, 1.82) is 0 Å². The number of rotatable bonds is 6. The van der Waals surface area contributed by atoms with Gasteiger partial charge < -0.3 is 9.80 Å². The maximum absolute atomic E-state index is 12.9. The fraction of sp³-hybridized carbons (Fsp3) is 0.632. The molecule has 2 aromatic rings. The Labute approximate surface area is 167 Å². The van der Waals surface area contributed by atoms with E-state index in [1.165, 1.54) is 30.6 Å².